The number of carbonyl (C=O) groups excluding carboxylic acids is 1. The van der Waals surface area contributed by atoms with Crippen LogP contribution >= 0.6 is 0 Å². The highest BCUT2D eigenvalue weighted by atomic mass is 19.3. The maximum Gasteiger partial charge on any atom is 0.252 e. The molecule has 3 aliphatic rings. The predicted molar refractivity (Wildman–Crippen MR) is 133 cm³/mol. The zero-order valence-electron chi connectivity index (χ0n) is 21.5. The molecule has 4 rings (SSSR count). The third kappa shape index (κ3) is 5.48. The predicted octanol–water partition coefficient (Wildman–Crippen LogP) is 5.10. The SMILES string of the molecule is Cc1ccc(C2(C)CCN(C(=O)C[C@@H]3[C@@H](N4CCN(C(C)C)CC4)CCCC3(F)F)CC2)cc1. The van der Waals surface area contributed by atoms with E-state index in [9.17, 15) is 4.79 Å². The van der Waals surface area contributed by atoms with E-state index in [0.717, 1.165) is 45.4 Å². The minimum absolute atomic E-state index is 0.0245. The number of carbonyl (C=O) groups is 1. The Bertz CT molecular complexity index is 825. The van der Waals surface area contributed by atoms with E-state index in [1.807, 2.05) is 4.90 Å². The van der Waals surface area contributed by atoms with E-state index < -0.39 is 11.8 Å². The molecule has 0 unspecified atom stereocenters. The Morgan fingerprint density at radius 2 is 1.62 bits per heavy atom. The van der Waals surface area contributed by atoms with Crippen molar-refractivity contribution in [2.45, 2.75) is 89.6 Å². The van der Waals surface area contributed by atoms with E-state index in [2.05, 4.69) is 61.8 Å². The zero-order chi connectivity index (χ0) is 24.5. The largest absolute Gasteiger partial charge is 0.343 e. The van der Waals surface area contributed by atoms with Gasteiger partial charge in [-0.3, -0.25) is 14.6 Å². The number of piperazine rings is 1. The normalized spacial score (nSPS) is 28.3. The number of hydrogen-bond donors (Lipinski definition) is 0. The van der Waals surface area contributed by atoms with Crippen LogP contribution in [-0.4, -0.2) is 77.9 Å². The molecule has 34 heavy (non-hydrogen) atoms. The maximum atomic E-state index is 15.2. The molecule has 2 saturated heterocycles. The van der Waals surface area contributed by atoms with Crippen LogP contribution in [0.4, 0.5) is 8.78 Å². The minimum Gasteiger partial charge on any atom is -0.343 e. The summed E-state index contributed by atoms with van der Waals surface area (Å²) in [6.45, 7) is 13.5. The van der Waals surface area contributed by atoms with Crippen LogP contribution in [-0.2, 0) is 10.2 Å². The lowest BCUT2D eigenvalue weighted by molar-refractivity contribution is -0.151. The molecular formula is C28H43F2N3O. The Kier molecular flexibility index (Phi) is 7.68. The third-order valence-electron chi connectivity index (χ3n) is 8.93. The van der Waals surface area contributed by atoms with Gasteiger partial charge < -0.3 is 4.90 Å². The molecule has 2 aliphatic heterocycles. The Balaban J connectivity index is 1.38. The monoisotopic (exact) mass is 475 g/mol. The van der Waals surface area contributed by atoms with Gasteiger partial charge in [0.05, 0.1) is 0 Å². The van der Waals surface area contributed by atoms with Crippen LogP contribution in [0.15, 0.2) is 24.3 Å². The molecular weight excluding hydrogens is 432 g/mol. The van der Waals surface area contributed by atoms with E-state index in [1.165, 1.54) is 11.1 Å². The molecule has 1 amide bonds. The van der Waals surface area contributed by atoms with Crippen molar-refractivity contribution in [1.82, 2.24) is 14.7 Å². The second-order valence-corrected chi connectivity index (χ2v) is 11.5. The summed E-state index contributed by atoms with van der Waals surface area (Å²) in [6.07, 6.45) is 2.97. The smallest absolute Gasteiger partial charge is 0.252 e. The summed E-state index contributed by atoms with van der Waals surface area (Å²) in [6, 6.07) is 8.97. The molecule has 3 fully saturated rings. The Labute approximate surface area is 204 Å². The van der Waals surface area contributed by atoms with Crippen LogP contribution in [0.25, 0.3) is 0 Å². The number of nitrogens with zero attached hydrogens (tertiary/aromatic N) is 3. The molecule has 190 valence electrons. The van der Waals surface area contributed by atoms with Gasteiger partial charge >= 0.3 is 0 Å². The summed E-state index contributed by atoms with van der Waals surface area (Å²) in [4.78, 5) is 19.8. The van der Waals surface area contributed by atoms with Crippen LogP contribution in [0, 0.1) is 12.8 Å². The fraction of sp³-hybridized carbons (Fsp3) is 0.750. The average Bonchev–Trinajstić information content (AvgIpc) is 2.81. The van der Waals surface area contributed by atoms with Crippen molar-refractivity contribution in [3.05, 3.63) is 35.4 Å². The molecule has 1 aliphatic carbocycles. The molecule has 6 heteroatoms. The van der Waals surface area contributed by atoms with Crippen LogP contribution in [0.5, 0.6) is 0 Å². The molecule has 1 aromatic carbocycles. The van der Waals surface area contributed by atoms with Crippen molar-refractivity contribution in [1.29, 1.82) is 0 Å². The standard InChI is InChI=1S/C28H43F2N3O/c1-21(2)31-16-18-32(19-17-31)25-6-5-11-28(29,30)24(25)20-26(34)33-14-12-27(4,13-15-33)23-9-7-22(3)8-10-23/h7-10,21,24-25H,5-6,11-20H2,1-4H3/t24-,25+/m1/s1. The van der Waals surface area contributed by atoms with E-state index in [1.54, 1.807) is 0 Å². The number of likely N-dealkylation sites (tertiary alicyclic amines) is 1. The van der Waals surface area contributed by atoms with Gasteiger partial charge in [0.1, 0.15) is 0 Å². The lowest BCUT2D eigenvalue weighted by Gasteiger charge is -2.48. The topological polar surface area (TPSA) is 26.8 Å². The van der Waals surface area contributed by atoms with Crippen molar-refractivity contribution >= 4 is 5.91 Å². The number of halogens is 2. The quantitative estimate of drug-likeness (QED) is 0.593. The molecule has 2 heterocycles. The van der Waals surface area contributed by atoms with Crippen molar-refractivity contribution < 1.29 is 13.6 Å². The molecule has 0 aromatic heterocycles. The number of benzene rings is 1. The Morgan fingerprint density at radius 1 is 1.00 bits per heavy atom. The van der Waals surface area contributed by atoms with Crippen LogP contribution in [0.2, 0.25) is 0 Å². The van der Waals surface area contributed by atoms with Crippen LogP contribution in [0.1, 0.15) is 70.4 Å². The second-order valence-electron chi connectivity index (χ2n) is 11.5. The first-order chi connectivity index (χ1) is 16.1. The number of hydrogen-bond acceptors (Lipinski definition) is 3. The highest BCUT2D eigenvalue weighted by molar-refractivity contribution is 5.77. The third-order valence-corrected chi connectivity index (χ3v) is 8.93. The Morgan fingerprint density at radius 3 is 2.21 bits per heavy atom. The lowest BCUT2D eigenvalue weighted by Crippen LogP contribution is -2.58. The van der Waals surface area contributed by atoms with Gasteiger partial charge in [0, 0.05) is 70.1 Å². The molecule has 1 saturated carbocycles. The number of aryl methyl sites for hydroxylation is 1. The van der Waals surface area contributed by atoms with Crippen molar-refractivity contribution in [3.8, 4) is 0 Å². The van der Waals surface area contributed by atoms with E-state index in [-0.39, 0.29) is 30.2 Å². The Hall–Kier alpha value is -1.53. The van der Waals surface area contributed by atoms with E-state index >= 15 is 8.78 Å². The fourth-order valence-electron chi connectivity index (χ4n) is 6.33. The number of rotatable bonds is 5. The average molecular weight is 476 g/mol. The molecule has 4 nitrogen and oxygen atoms in total. The maximum absolute atomic E-state index is 15.2. The van der Waals surface area contributed by atoms with Gasteiger partial charge in [-0.25, -0.2) is 8.78 Å². The van der Waals surface area contributed by atoms with E-state index in [4.69, 9.17) is 0 Å². The van der Waals surface area contributed by atoms with Gasteiger partial charge in [-0.1, -0.05) is 36.8 Å². The van der Waals surface area contributed by atoms with Gasteiger partial charge in [0.2, 0.25) is 5.91 Å². The molecule has 2 atom stereocenters. The highest BCUT2D eigenvalue weighted by Gasteiger charge is 2.50. The summed E-state index contributed by atoms with van der Waals surface area (Å²) in [5.74, 6) is -3.71. The zero-order valence-corrected chi connectivity index (χ0v) is 21.5. The first kappa shape index (κ1) is 25.6. The van der Waals surface area contributed by atoms with Gasteiger partial charge in [0.25, 0.3) is 5.92 Å². The van der Waals surface area contributed by atoms with Crippen LogP contribution < -0.4 is 0 Å². The fourth-order valence-corrected chi connectivity index (χ4v) is 6.33. The minimum atomic E-state index is -2.76. The molecule has 0 spiro atoms. The molecule has 0 N–H and O–H groups in total. The van der Waals surface area contributed by atoms with Gasteiger partial charge in [-0.2, -0.15) is 0 Å². The number of amides is 1. The summed E-state index contributed by atoms with van der Waals surface area (Å²) in [5, 5.41) is 0. The van der Waals surface area contributed by atoms with Gasteiger partial charge in [-0.15, -0.1) is 0 Å². The summed E-state index contributed by atoms with van der Waals surface area (Å²) in [7, 11) is 0. The summed E-state index contributed by atoms with van der Waals surface area (Å²) in [5.41, 5.74) is 2.59. The van der Waals surface area contributed by atoms with Crippen molar-refractivity contribution in [2.24, 2.45) is 5.92 Å². The number of alkyl halides is 2. The lowest BCUT2D eigenvalue weighted by atomic mass is 9.74. The summed E-state index contributed by atoms with van der Waals surface area (Å²) < 4.78 is 30.4. The number of piperidine rings is 1. The van der Waals surface area contributed by atoms with E-state index in [0.29, 0.717) is 25.6 Å². The molecule has 1 aromatic rings. The van der Waals surface area contributed by atoms with Gasteiger partial charge in [-0.05, 0) is 57.4 Å². The molecule has 0 bridgehead atoms. The first-order valence-electron chi connectivity index (χ1n) is 13.3. The first-order valence-corrected chi connectivity index (χ1v) is 13.3. The van der Waals surface area contributed by atoms with Gasteiger partial charge in [0.15, 0.2) is 0 Å². The highest BCUT2D eigenvalue weighted by Crippen LogP contribution is 2.43. The molecule has 0 radical (unpaired) electrons. The van der Waals surface area contributed by atoms with Crippen LogP contribution in [0.3, 0.4) is 0 Å². The van der Waals surface area contributed by atoms with Crippen molar-refractivity contribution in [2.75, 3.05) is 39.3 Å². The van der Waals surface area contributed by atoms with Crippen molar-refractivity contribution in [3.63, 3.8) is 0 Å². The second kappa shape index (κ2) is 10.2. The summed E-state index contributed by atoms with van der Waals surface area (Å²) >= 11 is 0.